The van der Waals surface area contributed by atoms with E-state index >= 15 is 0 Å². The summed E-state index contributed by atoms with van der Waals surface area (Å²) in [4.78, 5) is 35.6. The van der Waals surface area contributed by atoms with Crippen molar-refractivity contribution in [1.29, 1.82) is 0 Å². The highest BCUT2D eigenvalue weighted by Crippen LogP contribution is 2.36. The fraction of sp³-hybridized carbons (Fsp3) is 0.750. The molecular weight excluding hydrogens is 234 g/mol. The molecule has 1 heterocycles. The summed E-state index contributed by atoms with van der Waals surface area (Å²) in [5.74, 6) is -0.764. The molecular formula is C12H19N3O3. The molecule has 0 radical (unpaired) electrons. The molecule has 100 valence electrons. The van der Waals surface area contributed by atoms with E-state index in [1.165, 1.54) is 4.90 Å². The Morgan fingerprint density at radius 3 is 2.50 bits per heavy atom. The Labute approximate surface area is 106 Å². The van der Waals surface area contributed by atoms with E-state index in [0.717, 1.165) is 12.8 Å². The first-order valence-corrected chi connectivity index (χ1v) is 6.37. The van der Waals surface area contributed by atoms with Gasteiger partial charge in [-0.05, 0) is 25.2 Å². The molecule has 1 aliphatic heterocycles. The number of hydrogen-bond acceptors (Lipinski definition) is 4. The molecule has 1 saturated heterocycles. The zero-order chi connectivity index (χ0) is 13.3. The first-order valence-electron chi connectivity index (χ1n) is 6.37. The van der Waals surface area contributed by atoms with Crippen molar-refractivity contribution < 1.29 is 14.4 Å². The summed E-state index contributed by atoms with van der Waals surface area (Å²) >= 11 is 0. The summed E-state index contributed by atoms with van der Waals surface area (Å²) in [5, 5.41) is 0. The molecule has 0 aromatic heterocycles. The zero-order valence-electron chi connectivity index (χ0n) is 10.4. The van der Waals surface area contributed by atoms with Crippen LogP contribution in [0.4, 0.5) is 0 Å². The van der Waals surface area contributed by atoms with E-state index in [9.17, 15) is 14.4 Å². The van der Waals surface area contributed by atoms with Crippen molar-refractivity contribution in [1.82, 2.24) is 4.90 Å². The lowest BCUT2D eigenvalue weighted by molar-refractivity contribution is -0.138. The summed E-state index contributed by atoms with van der Waals surface area (Å²) in [5.41, 5.74) is 10.4. The Morgan fingerprint density at radius 2 is 1.94 bits per heavy atom. The number of hydrogen-bond donors (Lipinski definition) is 2. The summed E-state index contributed by atoms with van der Waals surface area (Å²) in [7, 11) is 0. The number of carbonyl (C=O) groups excluding carboxylic acids is 3. The van der Waals surface area contributed by atoms with Crippen molar-refractivity contribution in [3.05, 3.63) is 0 Å². The third kappa shape index (κ3) is 2.12. The molecule has 4 N–H and O–H groups in total. The molecule has 0 aromatic carbocycles. The highest BCUT2D eigenvalue weighted by atomic mass is 16.2. The van der Waals surface area contributed by atoms with Gasteiger partial charge in [0.05, 0.1) is 5.54 Å². The fourth-order valence-electron chi connectivity index (χ4n) is 2.99. The second-order valence-electron chi connectivity index (χ2n) is 5.22. The normalized spacial score (nSPS) is 32.3. The highest BCUT2D eigenvalue weighted by molar-refractivity contribution is 6.01. The van der Waals surface area contributed by atoms with Gasteiger partial charge in [0.2, 0.25) is 17.7 Å². The monoisotopic (exact) mass is 253 g/mol. The summed E-state index contributed by atoms with van der Waals surface area (Å²) in [6.45, 7) is 0.356. The van der Waals surface area contributed by atoms with Crippen molar-refractivity contribution in [2.24, 2.45) is 17.4 Å². The summed E-state index contributed by atoms with van der Waals surface area (Å²) < 4.78 is 0. The maximum absolute atomic E-state index is 11.5. The second kappa shape index (κ2) is 4.68. The Hall–Kier alpha value is -1.43. The molecule has 0 bridgehead atoms. The Morgan fingerprint density at radius 1 is 1.33 bits per heavy atom. The lowest BCUT2D eigenvalue weighted by Crippen LogP contribution is -2.55. The van der Waals surface area contributed by atoms with Gasteiger partial charge in [-0.2, -0.15) is 0 Å². The molecule has 1 aliphatic carbocycles. The Bertz CT molecular complexity index is 380. The molecule has 2 rings (SSSR count). The molecule has 0 aromatic rings. The van der Waals surface area contributed by atoms with E-state index < -0.39 is 11.4 Å². The minimum absolute atomic E-state index is 0.0313. The third-order valence-electron chi connectivity index (χ3n) is 4.19. The first-order chi connectivity index (χ1) is 8.45. The number of amides is 3. The number of nitrogens with zero attached hydrogens (tertiary/aromatic N) is 1. The molecule has 18 heavy (non-hydrogen) atoms. The number of likely N-dealkylation sites (tertiary alicyclic amines) is 1. The van der Waals surface area contributed by atoms with Gasteiger partial charge in [-0.15, -0.1) is 0 Å². The van der Waals surface area contributed by atoms with Crippen LogP contribution < -0.4 is 11.5 Å². The average molecular weight is 253 g/mol. The predicted octanol–water partition coefficient (Wildman–Crippen LogP) is -0.492. The van der Waals surface area contributed by atoms with Crippen molar-refractivity contribution in [3.63, 3.8) is 0 Å². The minimum Gasteiger partial charge on any atom is -0.368 e. The quantitative estimate of drug-likeness (QED) is 0.659. The van der Waals surface area contributed by atoms with E-state index in [4.69, 9.17) is 11.5 Å². The van der Waals surface area contributed by atoms with Crippen LogP contribution in [-0.4, -0.2) is 34.7 Å². The van der Waals surface area contributed by atoms with Gasteiger partial charge in [0, 0.05) is 19.4 Å². The van der Waals surface area contributed by atoms with E-state index in [1.807, 2.05) is 0 Å². The summed E-state index contributed by atoms with van der Waals surface area (Å²) in [6, 6.07) is 0. The lowest BCUT2D eigenvalue weighted by atomic mass is 9.85. The van der Waals surface area contributed by atoms with Crippen LogP contribution in [-0.2, 0) is 14.4 Å². The van der Waals surface area contributed by atoms with Gasteiger partial charge in [0.1, 0.15) is 0 Å². The van der Waals surface area contributed by atoms with Crippen molar-refractivity contribution in [2.45, 2.75) is 44.1 Å². The van der Waals surface area contributed by atoms with Gasteiger partial charge in [0.25, 0.3) is 0 Å². The van der Waals surface area contributed by atoms with Crippen molar-refractivity contribution in [2.75, 3.05) is 6.54 Å². The fourth-order valence-corrected chi connectivity index (χ4v) is 2.99. The molecule has 0 spiro atoms. The minimum atomic E-state index is -0.966. The zero-order valence-corrected chi connectivity index (χ0v) is 10.4. The predicted molar refractivity (Wildman–Crippen MR) is 64.0 cm³/mol. The van der Waals surface area contributed by atoms with Crippen molar-refractivity contribution >= 4 is 17.7 Å². The van der Waals surface area contributed by atoms with Crippen LogP contribution in [0, 0.1) is 5.92 Å². The van der Waals surface area contributed by atoms with Crippen LogP contribution >= 0.6 is 0 Å². The van der Waals surface area contributed by atoms with Gasteiger partial charge in [0.15, 0.2) is 0 Å². The maximum Gasteiger partial charge on any atom is 0.237 e. The van der Waals surface area contributed by atoms with Crippen LogP contribution in [0.1, 0.15) is 38.5 Å². The van der Waals surface area contributed by atoms with Crippen LogP contribution in [0.5, 0.6) is 0 Å². The van der Waals surface area contributed by atoms with E-state index in [-0.39, 0.29) is 17.7 Å². The molecule has 6 nitrogen and oxygen atoms in total. The highest BCUT2D eigenvalue weighted by Gasteiger charge is 2.44. The van der Waals surface area contributed by atoms with Crippen LogP contribution in [0.2, 0.25) is 0 Å². The Kier molecular flexibility index (Phi) is 3.38. The van der Waals surface area contributed by atoms with Gasteiger partial charge in [-0.3, -0.25) is 19.3 Å². The number of primary amides is 1. The lowest BCUT2D eigenvalue weighted by Gasteiger charge is -2.29. The Balaban J connectivity index is 1.96. The molecule has 6 heteroatoms. The smallest absolute Gasteiger partial charge is 0.237 e. The van der Waals surface area contributed by atoms with Gasteiger partial charge >= 0.3 is 0 Å². The van der Waals surface area contributed by atoms with Crippen molar-refractivity contribution in [3.8, 4) is 0 Å². The van der Waals surface area contributed by atoms with E-state index in [1.54, 1.807) is 0 Å². The molecule has 2 unspecified atom stereocenters. The molecule has 1 saturated carbocycles. The second-order valence-corrected chi connectivity index (χ2v) is 5.22. The molecule has 2 aliphatic rings. The van der Waals surface area contributed by atoms with E-state index in [2.05, 4.69) is 0 Å². The van der Waals surface area contributed by atoms with E-state index in [0.29, 0.717) is 32.2 Å². The molecule has 2 fully saturated rings. The molecule has 3 amide bonds. The average Bonchev–Trinajstić information content (AvgIpc) is 2.83. The number of nitrogens with two attached hydrogens (primary N) is 2. The SMILES string of the molecule is NC(=O)C1(N)CCCC1CCN1C(=O)CCC1=O. The summed E-state index contributed by atoms with van der Waals surface area (Å²) in [6.07, 6.45) is 3.45. The number of carbonyl (C=O) groups is 3. The number of rotatable bonds is 4. The van der Waals surface area contributed by atoms with Crippen LogP contribution in [0.25, 0.3) is 0 Å². The first kappa shape index (κ1) is 13.0. The van der Waals surface area contributed by atoms with Gasteiger partial charge in [-0.1, -0.05) is 6.42 Å². The van der Waals surface area contributed by atoms with Crippen LogP contribution in [0.3, 0.4) is 0 Å². The molecule has 2 atom stereocenters. The van der Waals surface area contributed by atoms with Gasteiger partial charge in [-0.25, -0.2) is 0 Å². The van der Waals surface area contributed by atoms with Gasteiger partial charge < -0.3 is 11.5 Å². The maximum atomic E-state index is 11.5. The third-order valence-corrected chi connectivity index (χ3v) is 4.19. The standard InChI is InChI=1S/C12H19N3O3/c13-11(18)12(14)6-1-2-8(12)5-7-15-9(16)3-4-10(15)17/h8H,1-7,14H2,(H2,13,18). The largest absolute Gasteiger partial charge is 0.368 e. The van der Waals surface area contributed by atoms with Crippen LogP contribution in [0.15, 0.2) is 0 Å². The topological polar surface area (TPSA) is 106 Å². The number of imide groups is 1.